The van der Waals surface area contributed by atoms with E-state index in [9.17, 15) is 4.79 Å². The lowest BCUT2D eigenvalue weighted by atomic mass is 9.91. The van der Waals surface area contributed by atoms with Crippen molar-refractivity contribution in [3.63, 3.8) is 0 Å². The summed E-state index contributed by atoms with van der Waals surface area (Å²) >= 11 is 0. The summed E-state index contributed by atoms with van der Waals surface area (Å²) in [5.41, 5.74) is 1.20. The predicted molar refractivity (Wildman–Crippen MR) is 98.3 cm³/mol. The van der Waals surface area contributed by atoms with E-state index in [1.54, 1.807) is 0 Å². The Morgan fingerprint density at radius 1 is 1.29 bits per heavy atom. The molecule has 4 nitrogen and oxygen atoms in total. The van der Waals surface area contributed by atoms with Crippen molar-refractivity contribution in [1.82, 2.24) is 10.2 Å². The van der Waals surface area contributed by atoms with Gasteiger partial charge in [-0.1, -0.05) is 30.3 Å². The first-order valence-electron chi connectivity index (χ1n) is 8.90. The standard InChI is InChI=1S/C19H28N2O2.ClH/c1-15-12-17(9-10-20-15)19(22)21(14-18-8-5-11-23-18)13-16-6-3-2-4-7-16;/h2-4,6-7,15,17-18,20H,5,8-14H2,1H3;1H/t15-,17-,18?;/m0./s1. The number of rotatable bonds is 5. The van der Waals surface area contributed by atoms with Crippen LogP contribution in [0.2, 0.25) is 0 Å². The highest BCUT2D eigenvalue weighted by Crippen LogP contribution is 2.22. The van der Waals surface area contributed by atoms with Gasteiger partial charge in [-0.2, -0.15) is 0 Å². The van der Waals surface area contributed by atoms with E-state index in [4.69, 9.17) is 4.74 Å². The molecule has 0 aromatic heterocycles. The normalized spacial score (nSPS) is 26.6. The van der Waals surface area contributed by atoms with Gasteiger partial charge in [-0.15, -0.1) is 12.4 Å². The second kappa shape index (κ2) is 9.40. The van der Waals surface area contributed by atoms with Crippen LogP contribution in [0.5, 0.6) is 0 Å². The smallest absolute Gasteiger partial charge is 0.226 e. The van der Waals surface area contributed by atoms with Crippen molar-refractivity contribution in [2.75, 3.05) is 19.7 Å². The van der Waals surface area contributed by atoms with E-state index in [1.165, 1.54) is 5.56 Å². The second-order valence-electron chi connectivity index (χ2n) is 6.92. The van der Waals surface area contributed by atoms with Crippen LogP contribution in [0, 0.1) is 5.92 Å². The monoisotopic (exact) mass is 352 g/mol. The molecule has 0 radical (unpaired) electrons. The number of carbonyl (C=O) groups is 1. The van der Waals surface area contributed by atoms with Crippen LogP contribution >= 0.6 is 12.4 Å². The number of halogens is 1. The largest absolute Gasteiger partial charge is 0.376 e. The maximum atomic E-state index is 13.1. The third-order valence-corrected chi connectivity index (χ3v) is 4.95. The number of piperidine rings is 1. The molecule has 0 spiro atoms. The molecule has 5 heteroatoms. The maximum absolute atomic E-state index is 13.1. The Balaban J connectivity index is 0.00000208. The van der Waals surface area contributed by atoms with Crippen LogP contribution in [0.15, 0.2) is 30.3 Å². The molecule has 0 aliphatic carbocycles. The number of nitrogens with one attached hydrogen (secondary N) is 1. The van der Waals surface area contributed by atoms with Gasteiger partial charge in [0.1, 0.15) is 0 Å². The van der Waals surface area contributed by atoms with Gasteiger partial charge in [0, 0.05) is 31.7 Å². The van der Waals surface area contributed by atoms with E-state index < -0.39 is 0 Å². The maximum Gasteiger partial charge on any atom is 0.226 e. The lowest BCUT2D eigenvalue weighted by Gasteiger charge is -2.33. The molecule has 1 aromatic carbocycles. The Kier molecular flexibility index (Phi) is 7.53. The molecule has 0 bridgehead atoms. The Labute approximate surface area is 151 Å². The molecule has 3 atom stereocenters. The Hall–Kier alpha value is -1.10. The molecule has 0 saturated carbocycles. The zero-order chi connectivity index (χ0) is 16.1. The highest BCUT2D eigenvalue weighted by atomic mass is 35.5. The van der Waals surface area contributed by atoms with Gasteiger partial charge >= 0.3 is 0 Å². The van der Waals surface area contributed by atoms with Crippen molar-refractivity contribution in [3.05, 3.63) is 35.9 Å². The van der Waals surface area contributed by atoms with Crippen LogP contribution in [0.4, 0.5) is 0 Å². The quantitative estimate of drug-likeness (QED) is 0.885. The number of ether oxygens (including phenoxy) is 1. The molecular weight excluding hydrogens is 324 g/mol. The van der Waals surface area contributed by atoms with Gasteiger partial charge < -0.3 is 15.0 Å². The van der Waals surface area contributed by atoms with E-state index in [1.807, 2.05) is 23.1 Å². The van der Waals surface area contributed by atoms with Crippen LogP contribution in [-0.4, -0.2) is 42.6 Å². The molecule has 2 fully saturated rings. The summed E-state index contributed by atoms with van der Waals surface area (Å²) in [6.45, 7) is 5.37. The molecule has 1 N–H and O–H groups in total. The van der Waals surface area contributed by atoms with Crippen molar-refractivity contribution in [2.24, 2.45) is 5.92 Å². The van der Waals surface area contributed by atoms with Crippen LogP contribution in [-0.2, 0) is 16.1 Å². The van der Waals surface area contributed by atoms with Gasteiger partial charge in [0.05, 0.1) is 6.10 Å². The topological polar surface area (TPSA) is 41.6 Å². The van der Waals surface area contributed by atoms with Crippen LogP contribution < -0.4 is 5.32 Å². The molecule has 1 amide bonds. The minimum absolute atomic E-state index is 0. The van der Waals surface area contributed by atoms with Gasteiger partial charge in [-0.25, -0.2) is 0 Å². The third-order valence-electron chi connectivity index (χ3n) is 4.95. The first kappa shape index (κ1) is 19.2. The van der Waals surface area contributed by atoms with Crippen LogP contribution in [0.3, 0.4) is 0 Å². The summed E-state index contributed by atoms with van der Waals surface area (Å²) in [6, 6.07) is 10.7. The third kappa shape index (κ3) is 5.20. The summed E-state index contributed by atoms with van der Waals surface area (Å²) in [6.07, 6.45) is 4.28. The number of hydrogen-bond acceptors (Lipinski definition) is 3. The van der Waals surface area contributed by atoms with Crippen LogP contribution in [0.1, 0.15) is 38.2 Å². The number of carbonyl (C=O) groups excluding carboxylic acids is 1. The van der Waals surface area contributed by atoms with Crippen molar-refractivity contribution in [2.45, 2.75) is 51.3 Å². The fraction of sp³-hybridized carbons (Fsp3) is 0.632. The average Bonchev–Trinajstić information content (AvgIpc) is 3.08. The van der Waals surface area contributed by atoms with Gasteiger partial charge in [0.2, 0.25) is 5.91 Å². The zero-order valence-corrected chi connectivity index (χ0v) is 15.3. The Morgan fingerprint density at radius 3 is 2.75 bits per heavy atom. The van der Waals surface area contributed by atoms with Crippen molar-refractivity contribution >= 4 is 18.3 Å². The van der Waals surface area contributed by atoms with Crippen LogP contribution in [0.25, 0.3) is 0 Å². The lowest BCUT2D eigenvalue weighted by Crippen LogP contribution is -2.45. The van der Waals surface area contributed by atoms with E-state index >= 15 is 0 Å². The van der Waals surface area contributed by atoms with Gasteiger partial charge in [0.15, 0.2) is 0 Å². The molecule has 1 unspecified atom stereocenters. The van der Waals surface area contributed by atoms with E-state index in [2.05, 4.69) is 24.4 Å². The SMILES string of the molecule is C[C@H]1C[C@@H](C(=O)N(Cc2ccccc2)CC2CCCO2)CCN1.Cl. The van der Waals surface area contributed by atoms with Crippen molar-refractivity contribution in [1.29, 1.82) is 0 Å². The molecule has 2 aliphatic heterocycles. The highest BCUT2D eigenvalue weighted by molar-refractivity contribution is 5.85. The summed E-state index contributed by atoms with van der Waals surface area (Å²) < 4.78 is 5.77. The molecule has 2 heterocycles. The molecular formula is C19H29ClN2O2. The minimum atomic E-state index is 0. The Morgan fingerprint density at radius 2 is 2.08 bits per heavy atom. The van der Waals surface area contributed by atoms with E-state index in [0.29, 0.717) is 18.5 Å². The van der Waals surface area contributed by atoms with E-state index in [-0.39, 0.29) is 24.4 Å². The number of benzene rings is 1. The molecule has 3 rings (SSSR count). The molecule has 24 heavy (non-hydrogen) atoms. The van der Waals surface area contributed by atoms with Crippen molar-refractivity contribution < 1.29 is 9.53 Å². The molecule has 2 aliphatic rings. The van der Waals surface area contributed by atoms with Gasteiger partial charge in [-0.3, -0.25) is 4.79 Å². The number of hydrogen-bond donors (Lipinski definition) is 1. The fourth-order valence-corrected chi connectivity index (χ4v) is 3.68. The van der Waals surface area contributed by atoms with Gasteiger partial charge in [-0.05, 0) is 44.7 Å². The second-order valence-corrected chi connectivity index (χ2v) is 6.92. The highest BCUT2D eigenvalue weighted by Gasteiger charge is 2.30. The average molecular weight is 353 g/mol. The number of amides is 1. The summed E-state index contributed by atoms with van der Waals surface area (Å²) in [5, 5.41) is 3.43. The fourth-order valence-electron chi connectivity index (χ4n) is 3.68. The first-order chi connectivity index (χ1) is 11.2. The van der Waals surface area contributed by atoms with E-state index in [0.717, 1.165) is 45.4 Å². The lowest BCUT2D eigenvalue weighted by molar-refractivity contribution is -0.139. The minimum Gasteiger partial charge on any atom is -0.376 e. The predicted octanol–water partition coefficient (Wildman–Crippen LogP) is 3.00. The summed E-state index contributed by atoms with van der Waals surface area (Å²) in [5.74, 6) is 0.453. The summed E-state index contributed by atoms with van der Waals surface area (Å²) in [4.78, 5) is 15.1. The molecule has 134 valence electrons. The Bertz CT molecular complexity index is 505. The first-order valence-corrected chi connectivity index (χ1v) is 8.90. The molecule has 1 aromatic rings. The molecule has 2 saturated heterocycles. The van der Waals surface area contributed by atoms with Crippen molar-refractivity contribution in [3.8, 4) is 0 Å². The summed E-state index contributed by atoms with van der Waals surface area (Å²) in [7, 11) is 0. The zero-order valence-electron chi connectivity index (χ0n) is 14.4. The van der Waals surface area contributed by atoms with Gasteiger partial charge in [0.25, 0.3) is 0 Å². The number of nitrogens with zero attached hydrogens (tertiary/aromatic N) is 1.